The Morgan fingerprint density at radius 2 is 2.00 bits per heavy atom. The van der Waals surface area contributed by atoms with Crippen LogP contribution in [0.25, 0.3) is 0 Å². The van der Waals surface area contributed by atoms with E-state index in [1.807, 2.05) is 13.8 Å². The molecule has 0 heterocycles. The van der Waals surface area contributed by atoms with Gasteiger partial charge in [-0.2, -0.15) is 0 Å². The molecule has 1 aromatic rings. The Morgan fingerprint density at radius 1 is 1.36 bits per heavy atom. The van der Waals surface area contributed by atoms with Crippen molar-refractivity contribution in [2.45, 2.75) is 20.3 Å². The van der Waals surface area contributed by atoms with E-state index in [1.165, 1.54) is 6.07 Å². The molecule has 78 valence electrons. The van der Waals surface area contributed by atoms with Crippen LogP contribution in [0, 0.1) is 11.2 Å². The van der Waals surface area contributed by atoms with Crippen LogP contribution in [0.5, 0.6) is 0 Å². The molecule has 0 saturated carbocycles. The van der Waals surface area contributed by atoms with Gasteiger partial charge in [-0.15, -0.1) is 11.6 Å². The fourth-order valence-electron chi connectivity index (χ4n) is 1.24. The van der Waals surface area contributed by atoms with Crippen LogP contribution in [-0.2, 0) is 6.42 Å². The van der Waals surface area contributed by atoms with E-state index in [-0.39, 0.29) is 11.2 Å². The van der Waals surface area contributed by atoms with Crippen LogP contribution in [-0.4, -0.2) is 5.88 Å². The van der Waals surface area contributed by atoms with E-state index in [0.29, 0.717) is 22.9 Å². The van der Waals surface area contributed by atoms with Gasteiger partial charge in [0.15, 0.2) is 0 Å². The molecular weight excluding hydrogens is 222 g/mol. The van der Waals surface area contributed by atoms with Crippen LogP contribution < -0.4 is 0 Å². The third-order valence-electron chi connectivity index (χ3n) is 2.04. The summed E-state index contributed by atoms with van der Waals surface area (Å²) in [7, 11) is 0. The van der Waals surface area contributed by atoms with Crippen LogP contribution in [0.2, 0.25) is 5.02 Å². The average molecular weight is 235 g/mol. The number of benzene rings is 1. The molecule has 0 spiro atoms. The lowest BCUT2D eigenvalue weighted by atomic mass is 9.88. The fourth-order valence-corrected chi connectivity index (χ4v) is 1.53. The monoisotopic (exact) mass is 234 g/mol. The standard InChI is InChI=1S/C11H13Cl2F/c1-11(2,7-12)6-8-5-9(13)3-4-10(8)14/h3-5H,6-7H2,1-2H3. The van der Waals surface area contributed by atoms with Crippen LogP contribution in [0.1, 0.15) is 19.4 Å². The van der Waals surface area contributed by atoms with Gasteiger partial charge in [0.25, 0.3) is 0 Å². The summed E-state index contributed by atoms with van der Waals surface area (Å²) in [6, 6.07) is 4.60. The topological polar surface area (TPSA) is 0 Å². The second-order valence-electron chi connectivity index (χ2n) is 4.21. The number of hydrogen-bond acceptors (Lipinski definition) is 0. The lowest BCUT2D eigenvalue weighted by Crippen LogP contribution is -2.17. The number of alkyl halides is 1. The Labute approximate surface area is 94.0 Å². The molecule has 1 aromatic carbocycles. The van der Waals surface area contributed by atoms with Crippen molar-refractivity contribution in [2.75, 3.05) is 5.88 Å². The van der Waals surface area contributed by atoms with Gasteiger partial charge < -0.3 is 0 Å². The number of rotatable bonds is 3. The molecule has 0 amide bonds. The van der Waals surface area contributed by atoms with Crippen molar-refractivity contribution in [1.82, 2.24) is 0 Å². The Hall–Kier alpha value is -0.270. The van der Waals surface area contributed by atoms with Crippen molar-refractivity contribution in [3.8, 4) is 0 Å². The van der Waals surface area contributed by atoms with Gasteiger partial charge in [0.2, 0.25) is 0 Å². The van der Waals surface area contributed by atoms with Crippen LogP contribution in [0.15, 0.2) is 18.2 Å². The zero-order valence-corrected chi connectivity index (χ0v) is 9.79. The van der Waals surface area contributed by atoms with Crippen molar-refractivity contribution in [3.63, 3.8) is 0 Å². The van der Waals surface area contributed by atoms with Crippen LogP contribution in [0.4, 0.5) is 4.39 Å². The third kappa shape index (κ3) is 3.14. The van der Waals surface area contributed by atoms with Gasteiger partial charge in [-0.05, 0) is 35.6 Å². The van der Waals surface area contributed by atoms with Gasteiger partial charge in [-0.3, -0.25) is 0 Å². The SMILES string of the molecule is CC(C)(CCl)Cc1cc(Cl)ccc1F. The Balaban J connectivity index is 2.91. The predicted octanol–water partition coefficient (Wildman–Crippen LogP) is 4.29. The molecule has 1 rings (SSSR count). The molecule has 0 unspecified atom stereocenters. The zero-order chi connectivity index (χ0) is 10.8. The average Bonchev–Trinajstić information content (AvgIpc) is 2.11. The van der Waals surface area contributed by atoms with Gasteiger partial charge in [0.05, 0.1) is 0 Å². The summed E-state index contributed by atoms with van der Waals surface area (Å²) in [4.78, 5) is 0. The lowest BCUT2D eigenvalue weighted by molar-refractivity contribution is 0.408. The highest BCUT2D eigenvalue weighted by atomic mass is 35.5. The van der Waals surface area contributed by atoms with E-state index in [0.717, 1.165) is 0 Å². The van der Waals surface area contributed by atoms with Gasteiger partial charge in [0, 0.05) is 10.9 Å². The minimum absolute atomic E-state index is 0.104. The Kier molecular flexibility index (Phi) is 3.79. The van der Waals surface area contributed by atoms with Crippen LogP contribution >= 0.6 is 23.2 Å². The molecular formula is C11H13Cl2F. The summed E-state index contributed by atoms with van der Waals surface area (Å²) in [5.41, 5.74) is 0.524. The summed E-state index contributed by atoms with van der Waals surface area (Å²) < 4.78 is 13.3. The Morgan fingerprint density at radius 3 is 2.57 bits per heavy atom. The van der Waals surface area contributed by atoms with Gasteiger partial charge in [0.1, 0.15) is 5.82 Å². The summed E-state index contributed by atoms with van der Waals surface area (Å²) in [6.45, 7) is 4.00. The smallest absolute Gasteiger partial charge is 0.126 e. The predicted molar refractivity (Wildman–Crippen MR) is 59.6 cm³/mol. The summed E-state index contributed by atoms with van der Waals surface area (Å²) in [6.07, 6.45) is 0.600. The van der Waals surface area contributed by atoms with E-state index in [9.17, 15) is 4.39 Å². The molecule has 0 aliphatic carbocycles. The van der Waals surface area contributed by atoms with Gasteiger partial charge in [-0.1, -0.05) is 25.4 Å². The van der Waals surface area contributed by atoms with Crippen molar-refractivity contribution in [1.29, 1.82) is 0 Å². The van der Waals surface area contributed by atoms with Crippen molar-refractivity contribution < 1.29 is 4.39 Å². The maximum Gasteiger partial charge on any atom is 0.126 e. The summed E-state index contributed by atoms with van der Waals surface area (Å²) in [5.74, 6) is 0.284. The summed E-state index contributed by atoms with van der Waals surface area (Å²) in [5, 5.41) is 0.562. The lowest BCUT2D eigenvalue weighted by Gasteiger charge is -2.21. The second-order valence-corrected chi connectivity index (χ2v) is 4.91. The molecule has 0 fully saturated rings. The quantitative estimate of drug-likeness (QED) is 0.685. The highest BCUT2D eigenvalue weighted by molar-refractivity contribution is 6.30. The minimum atomic E-state index is -0.215. The molecule has 0 N–H and O–H groups in total. The minimum Gasteiger partial charge on any atom is -0.207 e. The molecule has 3 heteroatoms. The number of halogens is 3. The second kappa shape index (κ2) is 4.50. The van der Waals surface area contributed by atoms with E-state index >= 15 is 0 Å². The van der Waals surface area contributed by atoms with E-state index in [2.05, 4.69) is 0 Å². The van der Waals surface area contributed by atoms with E-state index in [4.69, 9.17) is 23.2 Å². The molecule has 0 bridgehead atoms. The molecule has 14 heavy (non-hydrogen) atoms. The molecule has 0 saturated heterocycles. The largest absolute Gasteiger partial charge is 0.207 e. The van der Waals surface area contributed by atoms with Crippen molar-refractivity contribution in [3.05, 3.63) is 34.6 Å². The molecule has 0 aromatic heterocycles. The highest BCUT2D eigenvalue weighted by Crippen LogP contribution is 2.26. The van der Waals surface area contributed by atoms with Crippen molar-refractivity contribution >= 4 is 23.2 Å². The first-order valence-corrected chi connectivity index (χ1v) is 5.36. The zero-order valence-electron chi connectivity index (χ0n) is 8.28. The van der Waals surface area contributed by atoms with E-state index < -0.39 is 0 Å². The maximum absolute atomic E-state index is 13.3. The van der Waals surface area contributed by atoms with Crippen LogP contribution in [0.3, 0.4) is 0 Å². The third-order valence-corrected chi connectivity index (χ3v) is 3.00. The molecule has 0 aliphatic rings. The first-order valence-electron chi connectivity index (χ1n) is 4.44. The van der Waals surface area contributed by atoms with Crippen molar-refractivity contribution in [2.24, 2.45) is 5.41 Å². The fraction of sp³-hybridized carbons (Fsp3) is 0.455. The number of hydrogen-bond donors (Lipinski definition) is 0. The molecule has 0 aliphatic heterocycles. The first kappa shape index (κ1) is 11.8. The molecule has 0 atom stereocenters. The maximum atomic E-state index is 13.3. The van der Waals surface area contributed by atoms with Gasteiger partial charge in [-0.25, -0.2) is 4.39 Å². The molecule has 0 nitrogen and oxygen atoms in total. The molecule has 0 radical (unpaired) electrons. The first-order chi connectivity index (χ1) is 6.44. The highest BCUT2D eigenvalue weighted by Gasteiger charge is 2.19. The Bertz CT molecular complexity index is 321. The summed E-state index contributed by atoms with van der Waals surface area (Å²) >= 11 is 11.6. The van der Waals surface area contributed by atoms with Gasteiger partial charge >= 0.3 is 0 Å². The van der Waals surface area contributed by atoms with E-state index in [1.54, 1.807) is 12.1 Å². The normalized spacial score (nSPS) is 11.8.